The minimum Gasteiger partial charge on any atom is -0.459 e. The molecule has 7 nitrogen and oxygen atoms in total. The summed E-state index contributed by atoms with van der Waals surface area (Å²) in [5.74, 6) is 0.384. The maximum Gasteiger partial charge on any atom is 0.291 e. The molecule has 27 heavy (non-hydrogen) atoms. The highest BCUT2D eigenvalue weighted by atomic mass is 35.5. The number of benzene rings is 2. The highest BCUT2D eigenvalue weighted by molar-refractivity contribution is 6.32. The van der Waals surface area contributed by atoms with Crippen LogP contribution in [0.3, 0.4) is 0 Å². The lowest BCUT2D eigenvalue weighted by atomic mass is 10.1. The smallest absolute Gasteiger partial charge is 0.291 e. The van der Waals surface area contributed by atoms with E-state index in [9.17, 15) is 9.59 Å². The first-order chi connectivity index (χ1) is 13.1. The van der Waals surface area contributed by atoms with Crippen molar-refractivity contribution in [2.75, 3.05) is 17.4 Å². The van der Waals surface area contributed by atoms with Gasteiger partial charge in [-0.25, -0.2) is 0 Å². The van der Waals surface area contributed by atoms with Crippen LogP contribution in [0.2, 0.25) is 5.02 Å². The quantitative estimate of drug-likeness (QED) is 0.704. The minimum atomic E-state index is -0.355. The number of anilines is 2. The third-order valence-corrected chi connectivity index (χ3v) is 4.12. The fourth-order valence-electron chi connectivity index (χ4n) is 2.54. The van der Waals surface area contributed by atoms with Crippen LogP contribution in [-0.2, 0) is 0 Å². The van der Waals surface area contributed by atoms with Gasteiger partial charge in [-0.1, -0.05) is 11.6 Å². The van der Waals surface area contributed by atoms with Crippen LogP contribution < -0.4 is 20.1 Å². The second kappa shape index (κ2) is 7.05. The van der Waals surface area contributed by atoms with Crippen molar-refractivity contribution in [2.45, 2.75) is 0 Å². The molecule has 0 saturated carbocycles. The molecule has 0 saturated heterocycles. The minimum absolute atomic E-state index is 0.0747. The van der Waals surface area contributed by atoms with Gasteiger partial charge in [0.25, 0.3) is 11.8 Å². The Labute approximate surface area is 158 Å². The molecule has 136 valence electrons. The average Bonchev–Trinajstić information content (AvgIpc) is 3.35. The standard InChI is InChI=1S/C19H13ClN2O5/c20-14-8-11(9-16-17(14)27-10-26-16)18(23)21-12-3-5-13(6-4-12)22-19(24)15-2-1-7-25-15/h1-9H,10H2,(H,21,23)(H,22,24). The molecule has 2 heterocycles. The molecular formula is C19H13ClN2O5. The monoisotopic (exact) mass is 384 g/mol. The van der Waals surface area contributed by atoms with E-state index in [1.54, 1.807) is 42.5 Å². The predicted octanol–water partition coefficient (Wildman–Crippen LogP) is 4.17. The van der Waals surface area contributed by atoms with Crippen LogP contribution in [0, 0.1) is 0 Å². The molecule has 0 atom stereocenters. The number of rotatable bonds is 4. The number of amides is 2. The van der Waals surface area contributed by atoms with Gasteiger partial charge in [-0.15, -0.1) is 0 Å². The van der Waals surface area contributed by atoms with Gasteiger partial charge in [0, 0.05) is 16.9 Å². The van der Waals surface area contributed by atoms with Crippen molar-refractivity contribution >= 4 is 34.8 Å². The molecule has 0 bridgehead atoms. The molecule has 0 fully saturated rings. The van der Waals surface area contributed by atoms with Crippen LogP contribution in [0.25, 0.3) is 0 Å². The van der Waals surface area contributed by atoms with Gasteiger partial charge >= 0.3 is 0 Å². The molecule has 2 amide bonds. The normalized spacial score (nSPS) is 11.9. The number of fused-ring (bicyclic) bond motifs is 1. The molecule has 0 aliphatic carbocycles. The van der Waals surface area contributed by atoms with E-state index < -0.39 is 0 Å². The molecule has 0 spiro atoms. The van der Waals surface area contributed by atoms with Gasteiger partial charge in [0.2, 0.25) is 6.79 Å². The second-order valence-corrected chi connectivity index (χ2v) is 6.06. The molecule has 8 heteroatoms. The number of hydrogen-bond donors (Lipinski definition) is 2. The first-order valence-electron chi connectivity index (χ1n) is 7.95. The lowest BCUT2D eigenvalue weighted by molar-refractivity contribution is 0.0994. The zero-order valence-corrected chi connectivity index (χ0v) is 14.6. The second-order valence-electron chi connectivity index (χ2n) is 5.65. The van der Waals surface area contributed by atoms with E-state index in [4.69, 9.17) is 25.5 Å². The number of carbonyl (C=O) groups excluding carboxylic acids is 2. The molecule has 0 radical (unpaired) electrons. The van der Waals surface area contributed by atoms with Crippen molar-refractivity contribution in [1.29, 1.82) is 0 Å². The van der Waals surface area contributed by atoms with E-state index in [1.807, 2.05) is 0 Å². The van der Waals surface area contributed by atoms with Crippen molar-refractivity contribution in [1.82, 2.24) is 0 Å². The summed E-state index contributed by atoms with van der Waals surface area (Å²) in [6, 6.07) is 13.0. The SMILES string of the molecule is O=C(Nc1ccc(NC(=O)c2ccco2)cc1)c1cc(Cl)c2c(c1)OCO2. The van der Waals surface area contributed by atoms with Crippen LogP contribution in [0.1, 0.15) is 20.9 Å². The van der Waals surface area contributed by atoms with Crippen molar-refractivity contribution in [3.63, 3.8) is 0 Å². The molecule has 0 unspecified atom stereocenters. The first-order valence-corrected chi connectivity index (χ1v) is 8.33. The Morgan fingerprint density at radius 1 is 0.926 bits per heavy atom. The van der Waals surface area contributed by atoms with E-state index in [2.05, 4.69) is 10.6 Å². The van der Waals surface area contributed by atoms with Crippen LogP contribution in [0.4, 0.5) is 11.4 Å². The zero-order valence-electron chi connectivity index (χ0n) is 13.8. The maximum atomic E-state index is 12.4. The third kappa shape index (κ3) is 3.58. The van der Waals surface area contributed by atoms with Crippen molar-refractivity contribution in [3.05, 3.63) is 71.1 Å². The first kappa shape index (κ1) is 17.0. The number of nitrogens with one attached hydrogen (secondary N) is 2. The molecule has 1 aliphatic heterocycles. The number of ether oxygens (including phenoxy) is 2. The predicted molar refractivity (Wildman–Crippen MR) is 98.6 cm³/mol. The molecule has 2 aromatic carbocycles. The zero-order chi connectivity index (χ0) is 18.8. The molecule has 1 aliphatic rings. The molecule has 3 aromatic rings. The Bertz CT molecular complexity index is 1000. The van der Waals surface area contributed by atoms with Crippen molar-refractivity contribution in [2.24, 2.45) is 0 Å². The summed E-state index contributed by atoms with van der Waals surface area (Å²) < 4.78 is 15.5. The lowest BCUT2D eigenvalue weighted by Crippen LogP contribution is -2.13. The molecule has 2 N–H and O–H groups in total. The summed E-state index contributed by atoms with van der Waals surface area (Å²) in [5.41, 5.74) is 1.48. The Hall–Kier alpha value is -3.45. The molecule has 4 rings (SSSR count). The Morgan fingerprint density at radius 2 is 1.63 bits per heavy atom. The van der Waals surface area contributed by atoms with Gasteiger partial charge < -0.3 is 24.5 Å². The van der Waals surface area contributed by atoms with Gasteiger partial charge in [-0.3, -0.25) is 9.59 Å². The van der Waals surface area contributed by atoms with Gasteiger partial charge in [-0.2, -0.15) is 0 Å². The topological polar surface area (TPSA) is 89.8 Å². The van der Waals surface area contributed by atoms with E-state index in [0.717, 1.165) is 0 Å². The third-order valence-electron chi connectivity index (χ3n) is 3.84. The maximum absolute atomic E-state index is 12.4. The molecule has 1 aromatic heterocycles. The van der Waals surface area contributed by atoms with Gasteiger partial charge in [0.05, 0.1) is 11.3 Å². The van der Waals surface area contributed by atoms with E-state index in [0.29, 0.717) is 33.5 Å². The molecular weight excluding hydrogens is 372 g/mol. The number of hydrogen-bond acceptors (Lipinski definition) is 5. The van der Waals surface area contributed by atoms with E-state index in [-0.39, 0.29) is 24.4 Å². The van der Waals surface area contributed by atoms with Crippen molar-refractivity contribution < 1.29 is 23.5 Å². The summed E-state index contributed by atoms with van der Waals surface area (Å²) in [6.45, 7) is 0.0747. The number of halogens is 1. The van der Waals surface area contributed by atoms with E-state index >= 15 is 0 Å². The van der Waals surface area contributed by atoms with Gasteiger partial charge in [-0.05, 0) is 48.5 Å². The van der Waals surface area contributed by atoms with Crippen LogP contribution >= 0.6 is 11.6 Å². The van der Waals surface area contributed by atoms with Crippen molar-refractivity contribution in [3.8, 4) is 11.5 Å². The van der Waals surface area contributed by atoms with Crippen LogP contribution in [0.15, 0.2) is 59.2 Å². The summed E-state index contributed by atoms with van der Waals surface area (Å²) in [6.07, 6.45) is 1.43. The lowest BCUT2D eigenvalue weighted by Gasteiger charge is -2.08. The average molecular weight is 385 g/mol. The summed E-state index contributed by atoms with van der Waals surface area (Å²) in [4.78, 5) is 24.4. The Morgan fingerprint density at radius 3 is 2.30 bits per heavy atom. The Kier molecular flexibility index (Phi) is 4.43. The summed E-state index contributed by atoms with van der Waals surface area (Å²) in [7, 11) is 0. The fourth-order valence-corrected chi connectivity index (χ4v) is 2.80. The summed E-state index contributed by atoms with van der Waals surface area (Å²) >= 11 is 6.10. The highest BCUT2D eigenvalue weighted by Crippen LogP contribution is 2.39. The largest absolute Gasteiger partial charge is 0.459 e. The number of carbonyl (C=O) groups is 2. The fraction of sp³-hybridized carbons (Fsp3) is 0.0526. The number of furan rings is 1. The van der Waals surface area contributed by atoms with Crippen LogP contribution in [-0.4, -0.2) is 18.6 Å². The van der Waals surface area contributed by atoms with Gasteiger partial charge in [0.15, 0.2) is 17.3 Å². The van der Waals surface area contributed by atoms with E-state index in [1.165, 1.54) is 12.3 Å². The highest BCUT2D eigenvalue weighted by Gasteiger charge is 2.20. The van der Waals surface area contributed by atoms with Gasteiger partial charge in [0.1, 0.15) is 0 Å². The van der Waals surface area contributed by atoms with Crippen LogP contribution in [0.5, 0.6) is 11.5 Å². The Balaban J connectivity index is 1.43. The summed E-state index contributed by atoms with van der Waals surface area (Å²) in [5, 5.41) is 5.77.